The summed E-state index contributed by atoms with van der Waals surface area (Å²) in [6.07, 6.45) is 0. The molecule has 0 aliphatic heterocycles. The molecule has 0 atom stereocenters. The molecule has 0 radical (unpaired) electrons. The first-order valence-electron chi connectivity index (χ1n) is 3.36. The molecule has 0 bridgehead atoms. The summed E-state index contributed by atoms with van der Waals surface area (Å²) in [5, 5.41) is 2.40. The number of hydrogen-bond acceptors (Lipinski definition) is 2. The van der Waals surface area contributed by atoms with Crippen LogP contribution in [0.25, 0.3) is 0 Å². The molecule has 5 nitrogen and oxygen atoms in total. The van der Waals surface area contributed by atoms with Gasteiger partial charge in [-0.3, -0.25) is 4.79 Å². The number of hydrogen-bond donors (Lipinski definition) is 2. The molecule has 0 aliphatic carbocycles. The number of rotatable bonds is 3. The molecule has 3 N–H and O–H groups in total. The highest BCUT2D eigenvalue weighted by atomic mass is 16.2. The van der Waals surface area contributed by atoms with Gasteiger partial charge in [0.25, 0.3) is 0 Å². The van der Waals surface area contributed by atoms with Crippen molar-refractivity contribution in [1.29, 1.82) is 0 Å². The van der Waals surface area contributed by atoms with Gasteiger partial charge in [-0.2, -0.15) is 0 Å². The van der Waals surface area contributed by atoms with Crippen LogP contribution in [0.15, 0.2) is 0 Å². The summed E-state index contributed by atoms with van der Waals surface area (Å²) in [7, 11) is 1.51. The Morgan fingerprint density at radius 2 is 2.09 bits per heavy atom. The van der Waals surface area contributed by atoms with Crippen LogP contribution in [0.4, 0.5) is 4.79 Å². The molecule has 0 aromatic heterocycles. The molecule has 0 saturated carbocycles. The van der Waals surface area contributed by atoms with Crippen molar-refractivity contribution < 1.29 is 9.59 Å². The van der Waals surface area contributed by atoms with Gasteiger partial charge in [-0.25, -0.2) is 4.79 Å². The molecule has 0 saturated heterocycles. The molecule has 0 aromatic rings. The van der Waals surface area contributed by atoms with Crippen LogP contribution in [0, 0.1) is 0 Å². The maximum atomic E-state index is 10.9. The van der Waals surface area contributed by atoms with E-state index >= 15 is 0 Å². The van der Waals surface area contributed by atoms with E-state index in [0.717, 1.165) is 0 Å². The quantitative estimate of drug-likeness (QED) is 0.561. The predicted molar refractivity (Wildman–Crippen MR) is 40.9 cm³/mol. The second-order valence-electron chi connectivity index (χ2n) is 2.04. The lowest BCUT2D eigenvalue weighted by Crippen LogP contribution is -2.42. The zero-order valence-electron chi connectivity index (χ0n) is 6.76. The predicted octanol–water partition coefficient (Wildman–Crippen LogP) is -0.867. The fourth-order valence-corrected chi connectivity index (χ4v) is 0.673. The monoisotopic (exact) mass is 159 g/mol. The van der Waals surface area contributed by atoms with Gasteiger partial charge >= 0.3 is 6.03 Å². The largest absolute Gasteiger partial charge is 0.368 e. The van der Waals surface area contributed by atoms with Gasteiger partial charge < -0.3 is 16.0 Å². The zero-order chi connectivity index (χ0) is 8.85. The van der Waals surface area contributed by atoms with Gasteiger partial charge in [-0.15, -0.1) is 0 Å². The second-order valence-corrected chi connectivity index (χ2v) is 2.04. The minimum absolute atomic E-state index is 0.0316. The smallest absolute Gasteiger partial charge is 0.317 e. The van der Waals surface area contributed by atoms with Crippen LogP contribution in [0.2, 0.25) is 0 Å². The number of primary amides is 1. The Morgan fingerprint density at radius 1 is 1.55 bits per heavy atom. The lowest BCUT2D eigenvalue weighted by Gasteiger charge is -2.17. The first-order chi connectivity index (χ1) is 5.11. The van der Waals surface area contributed by atoms with Crippen molar-refractivity contribution >= 4 is 11.9 Å². The molecular formula is C6H13N3O2. The molecule has 11 heavy (non-hydrogen) atoms. The van der Waals surface area contributed by atoms with E-state index in [1.165, 1.54) is 11.9 Å². The van der Waals surface area contributed by atoms with Gasteiger partial charge in [0.1, 0.15) is 6.54 Å². The van der Waals surface area contributed by atoms with Crippen molar-refractivity contribution in [2.24, 2.45) is 5.73 Å². The fourth-order valence-electron chi connectivity index (χ4n) is 0.673. The van der Waals surface area contributed by atoms with Gasteiger partial charge in [0.15, 0.2) is 0 Å². The standard InChI is InChI=1S/C6H13N3O2/c1-3-9(4-5(7)10)6(11)8-2/h3-4H2,1-2H3,(H2,7,10)(H,8,11). The Morgan fingerprint density at radius 3 is 2.36 bits per heavy atom. The molecule has 0 spiro atoms. The van der Waals surface area contributed by atoms with E-state index in [4.69, 9.17) is 5.73 Å². The first kappa shape index (κ1) is 9.74. The van der Waals surface area contributed by atoms with Gasteiger partial charge in [0, 0.05) is 13.6 Å². The van der Waals surface area contributed by atoms with Gasteiger partial charge in [-0.1, -0.05) is 0 Å². The Hall–Kier alpha value is -1.26. The Bertz CT molecular complexity index is 158. The van der Waals surface area contributed by atoms with Crippen molar-refractivity contribution in [3.05, 3.63) is 0 Å². The first-order valence-corrected chi connectivity index (χ1v) is 3.36. The van der Waals surface area contributed by atoms with Crippen LogP contribution in [-0.4, -0.2) is 37.0 Å². The minimum atomic E-state index is -0.504. The third-order valence-corrected chi connectivity index (χ3v) is 1.23. The third-order valence-electron chi connectivity index (χ3n) is 1.23. The Balaban J connectivity index is 3.94. The van der Waals surface area contributed by atoms with E-state index in [-0.39, 0.29) is 12.6 Å². The number of nitrogens with zero attached hydrogens (tertiary/aromatic N) is 1. The Labute approximate surface area is 65.5 Å². The highest BCUT2D eigenvalue weighted by Gasteiger charge is 2.10. The maximum absolute atomic E-state index is 10.9. The summed E-state index contributed by atoms with van der Waals surface area (Å²) < 4.78 is 0. The molecular weight excluding hydrogens is 146 g/mol. The van der Waals surface area contributed by atoms with E-state index in [2.05, 4.69) is 5.32 Å². The third kappa shape index (κ3) is 3.44. The van der Waals surface area contributed by atoms with Crippen LogP contribution in [0.1, 0.15) is 6.92 Å². The van der Waals surface area contributed by atoms with E-state index in [9.17, 15) is 9.59 Å². The van der Waals surface area contributed by atoms with Crippen LogP contribution in [0.3, 0.4) is 0 Å². The van der Waals surface area contributed by atoms with E-state index < -0.39 is 5.91 Å². The average molecular weight is 159 g/mol. The average Bonchev–Trinajstić information content (AvgIpc) is 1.98. The number of carbonyl (C=O) groups is 2. The summed E-state index contributed by atoms with van der Waals surface area (Å²) in [5.41, 5.74) is 4.90. The fraction of sp³-hybridized carbons (Fsp3) is 0.667. The molecule has 64 valence electrons. The molecule has 5 heteroatoms. The summed E-state index contributed by atoms with van der Waals surface area (Å²) in [6, 6.07) is -0.286. The summed E-state index contributed by atoms with van der Waals surface area (Å²) in [5.74, 6) is -0.504. The molecule has 0 aromatic carbocycles. The molecule has 3 amide bonds. The molecule has 0 heterocycles. The summed E-state index contributed by atoms with van der Waals surface area (Å²) in [6.45, 7) is 2.22. The van der Waals surface area contributed by atoms with Crippen LogP contribution < -0.4 is 11.1 Å². The van der Waals surface area contributed by atoms with Crippen molar-refractivity contribution in [1.82, 2.24) is 10.2 Å². The van der Waals surface area contributed by atoms with Crippen LogP contribution in [-0.2, 0) is 4.79 Å². The molecule has 0 rings (SSSR count). The van der Waals surface area contributed by atoms with Gasteiger partial charge in [0.05, 0.1) is 0 Å². The van der Waals surface area contributed by atoms with Crippen LogP contribution in [0.5, 0.6) is 0 Å². The van der Waals surface area contributed by atoms with E-state index in [1.807, 2.05) is 0 Å². The van der Waals surface area contributed by atoms with Crippen molar-refractivity contribution in [2.75, 3.05) is 20.1 Å². The van der Waals surface area contributed by atoms with Gasteiger partial charge in [-0.05, 0) is 6.92 Å². The number of carbonyl (C=O) groups excluding carboxylic acids is 2. The number of nitrogens with two attached hydrogens (primary N) is 1. The molecule has 0 unspecified atom stereocenters. The molecule has 0 fully saturated rings. The van der Waals surface area contributed by atoms with Crippen molar-refractivity contribution in [3.8, 4) is 0 Å². The summed E-state index contributed by atoms with van der Waals surface area (Å²) >= 11 is 0. The van der Waals surface area contributed by atoms with Crippen LogP contribution >= 0.6 is 0 Å². The molecule has 0 aliphatic rings. The number of nitrogens with one attached hydrogen (secondary N) is 1. The second kappa shape index (κ2) is 4.54. The Kier molecular flexibility index (Phi) is 4.02. The number of likely N-dealkylation sites (N-methyl/N-ethyl adjacent to an activating group) is 1. The van der Waals surface area contributed by atoms with Crippen molar-refractivity contribution in [2.45, 2.75) is 6.92 Å². The lowest BCUT2D eigenvalue weighted by atomic mass is 10.5. The SMILES string of the molecule is CCN(CC(N)=O)C(=O)NC. The normalized spacial score (nSPS) is 8.91. The lowest BCUT2D eigenvalue weighted by molar-refractivity contribution is -0.118. The number of urea groups is 1. The van der Waals surface area contributed by atoms with E-state index in [0.29, 0.717) is 6.54 Å². The van der Waals surface area contributed by atoms with E-state index in [1.54, 1.807) is 6.92 Å². The number of amides is 3. The van der Waals surface area contributed by atoms with Crippen molar-refractivity contribution in [3.63, 3.8) is 0 Å². The van der Waals surface area contributed by atoms with Gasteiger partial charge in [0.2, 0.25) is 5.91 Å². The maximum Gasteiger partial charge on any atom is 0.317 e. The topological polar surface area (TPSA) is 75.4 Å². The summed E-state index contributed by atoms with van der Waals surface area (Å²) in [4.78, 5) is 22.6. The highest BCUT2D eigenvalue weighted by Crippen LogP contribution is 1.86. The minimum Gasteiger partial charge on any atom is -0.368 e. The zero-order valence-corrected chi connectivity index (χ0v) is 6.76. The highest BCUT2D eigenvalue weighted by molar-refractivity contribution is 5.82.